The van der Waals surface area contributed by atoms with Crippen LogP contribution in [0, 0.1) is 0 Å². The molecule has 30 heavy (non-hydrogen) atoms. The van der Waals surface area contributed by atoms with Crippen molar-refractivity contribution in [2.75, 3.05) is 0 Å². The van der Waals surface area contributed by atoms with E-state index in [1.807, 2.05) is 72.3 Å². The highest BCUT2D eigenvalue weighted by molar-refractivity contribution is 5.82. The van der Waals surface area contributed by atoms with Crippen LogP contribution in [0.3, 0.4) is 0 Å². The maximum absolute atomic E-state index is 12.8. The van der Waals surface area contributed by atoms with Gasteiger partial charge < -0.3 is 14.8 Å². The summed E-state index contributed by atoms with van der Waals surface area (Å²) >= 11 is 0. The quantitative estimate of drug-likeness (QED) is 0.704. The minimum Gasteiger partial charge on any atom is -0.350 e. The van der Waals surface area contributed by atoms with Gasteiger partial charge in [0.25, 0.3) is 0 Å². The Morgan fingerprint density at radius 1 is 1.13 bits per heavy atom. The second-order valence-electron chi connectivity index (χ2n) is 7.44. The van der Waals surface area contributed by atoms with E-state index in [-0.39, 0.29) is 30.3 Å². The topological polar surface area (TPSA) is 67.2 Å². The zero-order chi connectivity index (χ0) is 21.1. The molecule has 1 aliphatic rings. The van der Waals surface area contributed by atoms with E-state index in [2.05, 4.69) is 10.3 Å². The van der Waals surface area contributed by atoms with E-state index in [4.69, 9.17) is 0 Å². The molecule has 0 radical (unpaired) electrons. The molecule has 0 spiro atoms. The van der Waals surface area contributed by atoms with Gasteiger partial charge >= 0.3 is 0 Å². The Morgan fingerprint density at radius 3 is 2.60 bits per heavy atom. The predicted octanol–water partition coefficient (Wildman–Crippen LogP) is 4.01. The van der Waals surface area contributed by atoms with E-state index in [0.717, 1.165) is 22.4 Å². The smallest absolute Gasteiger partial charge is 0.223 e. The van der Waals surface area contributed by atoms with Crippen LogP contribution in [0.25, 0.3) is 11.8 Å². The first-order chi connectivity index (χ1) is 14.5. The molecule has 1 aliphatic heterocycles. The number of carbonyl (C=O) groups is 2. The third kappa shape index (κ3) is 4.03. The first kappa shape index (κ1) is 19.6. The number of imidazole rings is 1. The lowest BCUT2D eigenvalue weighted by molar-refractivity contribution is -0.130. The standard InChI is InChI=1S/C24H24N4O2/c1-17(19-7-9-21(10-8-19)27-14-12-25-16-27)26-24(30)15-23-22-6-4-3-5-20(22)11-13-28(23)18(2)29/h3-14,16-17,23H,15H2,1-2H3,(H,26,30)/t17-,23-/m1/s1. The fourth-order valence-electron chi connectivity index (χ4n) is 3.82. The maximum atomic E-state index is 12.8. The van der Waals surface area contributed by atoms with Crippen molar-refractivity contribution in [2.24, 2.45) is 0 Å². The van der Waals surface area contributed by atoms with Gasteiger partial charge in [-0.3, -0.25) is 9.59 Å². The van der Waals surface area contributed by atoms with Crippen molar-refractivity contribution in [3.05, 3.63) is 90.1 Å². The number of aromatic nitrogens is 2. The Bertz CT molecular complexity index is 1070. The second kappa shape index (κ2) is 8.37. The summed E-state index contributed by atoms with van der Waals surface area (Å²) in [4.78, 5) is 30.6. The lowest BCUT2D eigenvalue weighted by atomic mass is 9.93. The minimum absolute atomic E-state index is 0.0818. The Kier molecular flexibility index (Phi) is 5.48. The lowest BCUT2D eigenvalue weighted by Crippen LogP contribution is -2.36. The van der Waals surface area contributed by atoms with Gasteiger partial charge in [0.05, 0.1) is 24.8 Å². The summed E-state index contributed by atoms with van der Waals surface area (Å²) in [5.41, 5.74) is 4.05. The predicted molar refractivity (Wildman–Crippen MR) is 115 cm³/mol. The molecule has 0 bridgehead atoms. The summed E-state index contributed by atoms with van der Waals surface area (Å²) in [6.07, 6.45) is 9.25. The van der Waals surface area contributed by atoms with E-state index in [1.165, 1.54) is 6.92 Å². The normalized spacial score (nSPS) is 16.1. The molecule has 0 unspecified atom stereocenters. The summed E-state index contributed by atoms with van der Waals surface area (Å²) in [7, 11) is 0. The number of nitrogens with one attached hydrogen (secondary N) is 1. The van der Waals surface area contributed by atoms with Crippen molar-refractivity contribution in [3.8, 4) is 5.69 Å². The number of carbonyl (C=O) groups excluding carboxylic acids is 2. The van der Waals surface area contributed by atoms with Gasteiger partial charge in [-0.25, -0.2) is 4.98 Å². The fraction of sp³-hybridized carbons (Fsp3) is 0.208. The third-order valence-electron chi connectivity index (χ3n) is 5.42. The molecule has 4 rings (SSSR count). The van der Waals surface area contributed by atoms with Gasteiger partial charge in [0.2, 0.25) is 11.8 Å². The Balaban J connectivity index is 1.45. The Hall–Kier alpha value is -3.67. The van der Waals surface area contributed by atoms with Crippen molar-refractivity contribution in [1.29, 1.82) is 0 Å². The lowest BCUT2D eigenvalue weighted by Gasteiger charge is -2.32. The average molecular weight is 400 g/mol. The van der Waals surface area contributed by atoms with Crippen LogP contribution in [0.2, 0.25) is 0 Å². The number of hydrogen-bond acceptors (Lipinski definition) is 3. The van der Waals surface area contributed by atoms with E-state index in [0.29, 0.717) is 0 Å². The number of hydrogen-bond donors (Lipinski definition) is 1. The molecule has 2 amide bonds. The van der Waals surface area contributed by atoms with Gasteiger partial charge in [-0.1, -0.05) is 36.4 Å². The highest BCUT2D eigenvalue weighted by atomic mass is 16.2. The third-order valence-corrected chi connectivity index (χ3v) is 5.42. The maximum Gasteiger partial charge on any atom is 0.223 e. The molecule has 0 aliphatic carbocycles. The van der Waals surface area contributed by atoms with E-state index >= 15 is 0 Å². The van der Waals surface area contributed by atoms with Crippen LogP contribution in [0.1, 0.15) is 49.0 Å². The largest absolute Gasteiger partial charge is 0.350 e. The molecular formula is C24H24N4O2. The molecule has 6 heteroatoms. The van der Waals surface area contributed by atoms with Gasteiger partial charge in [0.15, 0.2) is 0 Å². The summed E-state index contributed by atoms with van der Waals surface area (Å²) in [5, 5.41) is 3.07. The minimum atomic E-state index is -0.306. The van der Waals surface area contributed by atoms with Gasteiger partial charge in [-0.05, 0) is 41.8 Å². The van der Waals surface area contributed by atoms with Crippen LogP contribution >= 0.6 is 0 Å². The zero-order valence-corrected chi connectivity index (χ0v) is 17.0. The molecule has 6 nitrogen and oxygen atoms in total. The monoisotopic (exact) mass is 400 g/mol. The molecule has 3 aromatic rings. The molecule has 2 heterocycles. The van der Waals surface area contributed by atoms with Crippen molar-refractivity contribution in [2.45, 2.75) is 32.4 Å². The van der Waals surface area contributed by atoms with E-state index < -0.39 is 0 Å². The van der Waals surface area contributed by atoms with Crippen molar-refractivity contribution in [3.63, 3.8) is 0 Å². The zero-order valence-electron chi connectivity index (χ0n) is 17.0. The van der Waals surface area contributed by atoms with Crippen molar-refractivity contribution in [1.82, 2.24) is 19.8 Å². The SMILES string of the molecule is CC(=O)N1C=Cc2ccccc2[C@H]1CC(=O)N[C@H](C)c1ccc(-n2ccnc2)cc1. The first-order valence-electron chi connectivity index (χ1n) is 9.96. The number of fused-ring (bicyclic) bond motifs is 1. The van der Waals surface area contributed by atoms with Gasteiger partial charge in [-0.15, -0.1) is 0 Å². The number of nitrogens with zero attached hydrogens (tertiary/aromatic N) is 3. The average Bonchev–Trinajstić information content (AvgIpc) is 3.28. The van der Waals surface area contributed by atoms with Crippen LogP contribution in [-0.2, 0) is 9.59 Å². The highest BCUT2D eigenvalue weighted by Crippen LogP contribution is 2.33. The van der Waals surface area contributed by atoms with Crippen LogP contribution in [0.4, 0.5) is 0 Å². The summed E-state index contributed by atoms with van der Waals surface area (Å²) < 4.78 is 1.93. The molecule has 0 fully saturated rings. The second-order valence-corrected chi connectivity index (χ2v) is 7.44. The molecular weight excluding hydrogens is 376 g/mol. The molecule has 2 atom stereocenters. The molecule has 2 aromatic carbocycles. The number of rotatable bonds is 5. The van der Waals surface area contributed by atoms with Crippen LogP contribution in [0.5, 0.6) is 0 Å². The van der Waals surface area contributed by atoms with Crippen molar-refractivity contribution < 1.29 is 9.59 Å². The van der Waals surface area contributed by atoms with E-state index in [9.17, 15) is 9.59 Å². The molecule has 0 saturated heterocycles. The van der Waals surface area contributed by atoms with Crippen LogP contribution < -0.4 is 5.32 Å². The summed E-state index contributed by atoms with van der Waals surface area (Å²) in [5.74, 6) is -0.177. The molecule has 1 N–H and O–H groups in total. The first-order valence-corrected chi connectivity index (χ1v) is 9.96. The Morgan fingerprint density at radius 2 is 1.90 bits per heavy atom. The number of benzene rings is 2. The van der Waals surface area contributed by atoms with Crippen LogP contribution in [-0.4, -0.2) is 26.3 Å². The van der Waals surface area contributed by atoms with Gasteiger partial charge in [0.1, 0.15) is 0 Å². The van der Waals surface area contributed by atoms with Crippen molar-refractivity contribution >= 4 is 17.9 Å². The highest BCUT2D eigenvalue weighted by Gasteiger charge is 2.28. The Labute approximate surface area is 175 Å². The summed E-state index contributed by atoms with van der Waals surface area (Å²) in [6, 6.07) is 15.4. The molecule has 0 saturated carbocycles. The van der Waals surface area contributed by atoms with Gasteiger partial charge in [-0.2, -0.15) is 0 Å². The fourth-order valence-corrected chi connectivity index (χ4v) is 3.82. The van der Waals surface area contributed by atoms with Crippen LogP contribution in [0.15, 0.2) is 73.5 Å². The molecule has 1 aromatic heterocycles. The molecule has 152 valence electrons. The van der Waals surface area contributed by atoms with Gasteiger partial charge in [0, 0.05) is 31.2 Å². The summed E-state index contributed by atoms with van der Waals surface area (Å²) in [6.45, 7) is 3.48. The van der Waals surface area contributed by atoms with E-state index in [1.54, 1.807) is 23.6 Å². The number of amides is 2.